The molecule has 1 aromatic carbocycles. The van der Waals surface area contributed by atoms with E-state index in [1.807, 2.05) is 30.3 Å². The van der Waals surface area contributed by atoms with E-state index in [2.05, 4.69) is 0 Å². The predicted molar refractivity (Wildman–Crippen MR) is 96.2 cm³/mol. The molecule has 0 N–H and O–H groups in total. The normalized spacial score (nSPS) is 12.7. The Morgan fingerprint density at radius 3 is 1.81 bits per heavy atom. The van der Waals surface area contributed by atoms with Gasteiger partial charge in [0.1, 0.15) is 0 Å². The molecule has 1 heterocycles. The maximum atomic E-state index is 11.9. The van der Waals surface area contributed by atoms with Crippen LogP contribution in [0.1, 0.15) is 11.1 Å². The van der Waals surface area contributed by atoms with E-state index in [0.29, 0.717) is 8.94 Å². The molecular formula is C18H12N2O4Se2. The van der Waals surface area contributed by atoms with E-state index >= 15 is 0 Å². The van der Waals surface area contributed by atoms with Gasteiger partial charge in [0.2, 0.25) is 0 Å². The van der Waals surface area contributed by atoms with E-state index in [0.717, 1.165) is 14.5 Å². The van der Waals surface area contributed by atoms with Crippen molar-refractivity contribution in [1.82, 2.24) is 0 Å². The number of hydrogen-bond acceptors (Lipinski definition) is 6. The number of carbonyl (C=O) groups excluding carboxylic acids is 2. The van der Waals surface area contributed by atoms with Crippen molar-refractivity contribution >= 4 is 54.0 Å². The molecule has 6 nitrogen and oxygen atoms in total. The molecule has 26 heavy (non-hydrogen) atoms. The van der Waals surface area contributed by atoms with Gasteiger partial charge in [0, 0.05) is 0 Å². The van der Waals surface area contributed by atoms with Crippen LogP contribution in [-0.4, -0.2) is 56.1 Å². The van der Waals surface area contributed by atoms with Crippen LogP contribution in [0.5, 0.6) is 0 Å². The molecule has 0 bridgehead atoms. The van der Waals surface area contributed by atoms with Crippen molar-refractivity contribution in [2.75, 3.05) is 14.2 Å². The zero-order chi connectivity index (χ0) is 19.1. The molecule has 0 saturated heterocycles. The summed E-state index contributed by atoms with van der Waals surface area (Å²) in [6.45, 7) is 0. The number of nitrogens with zero attached hydrogens (tertiary/aromatic N) is 2. The van der Waals surface area contributed by atoms with Gasteiger partial charge >= 0.3 is 163 Å². The molecule has 0 spiro atoms. The van der Waals surface area contributed by atoms with E-state index in [-0.39, 0.29) is 35.5 Å². The van der Waals surface area contributed by atoms with Gasteiger partial charge in [-0.25, -0.2) is 0 Å². The number of rotatable bonds is 4. The minimum absolute atomic E-state index is 0.0354. The van der Waals surface area contributed by atoms with Gasteiger partial charge in [-0.2, -0.15) is 0 Å². The Kier molecular flexibility index (Phi) is 6.97. The molecule has 2 rings (SSSR count). The minimum atomic E-state index is -0.489. The van der Waals surface area contributed by atoms with Gasteiger partial charge in [0.25, 0.3) is 0 Å². The van der Waals surface area contributed by atoms with Gasteiger partial charge in [-0.05, 0) is 0 Å². The molecular weight excluding hydrogens is 466 g/mol. The number of ether oxygens (including phenoxy) is 2. The molecule has 130 valence electrons. The second-order valence-corrected chi connectivity index (χ2v) is 10.5. The van der Waals surface area contributed by atoms with E-state index < -0.39 is 11.9 Å². The molecule has 0 aliphatic carbocycles. The van der Waals surface area contributed by atoms with Crippen LogP contribution in [0.25, 0.3) is 12.2 Å². The fourth-order valence-electron chi connectivity index (χ4n) is 1.91. The van der Waals surface area contributed by atoms with Gasteiger partial charge in [-0.3, -0.25) is 0 Å². The van der Waals surface area contributed by atoms with Crippen molar-refractivity contribution < 1.29 is 19.1 Å². The first-order valence-electron chi connectivity index (χ1n) is 7.12. The number of benzene rings is 1. The third-order valence-corrected chi connectivity index (χ3v) is 9.35. The van der Waals surface area contributed by atoms with Crippen molar-refractivity contribution in [2.45, 2.75) is 0 Å². The number of carbonyl (C=O) groups is 2. The first kappa shape index (κ1) is 19.7. The van der Waals surface area contributed by atoms with Crippen molar-refractivity contribution in [3.63, 3.8) is 0 Å². The molecule has 0 radical (unpaired) electrons. The summed E-state index contributed by atoms with van der Waals surface area (Å²) in [7, 11) is 2.58. The third-order valence-electron chi connectivity index (χ3n) is 3.13. The van der Waals surface area contributed by atoms with E-state index in [1.165, 1.54) is 20.3 Å². The second-order valence-electron chi connectivity index (χ2n) is 4.76. The summed E-state index contributed by atoms with van der Waals surface area (Å²) in [5.41, 5.74) is 1.69. The zero-order valence-electron chi connectivity index (χ0n) is 13.8. The molecule has 1 aromatic rings. The first-order chi connectivity index (χ1) is 12.5. The van der Waals surface area contributed by atoms with Crippen molar-refractivity contribution in [1.29, 1.82) is 10.5 Å². The molecule has 0 aromatic heterocycles. The standard InChI is InChI=1S/C18H12N2O4Se2/c1-23-17(21)15-16(18(22)24-2)26-14(25-15)8-12-5-3-11(4-6-12)7-13(9-19)10-20/h3-8H,1-2H3. The molecule has 1 aliphatic heterocycles. The van der Waals surface area contributed by atoms with Crippen LogP contribution >= 0.6 is 0 Å². The molecule has 0 fully saturated rings. The zero-order valence-corrected chi connectivity index (χ0v) is 17.2. The quantitative estimate of drug-likeness (QED) is 0.369. The van der Waals surface area contributed by atoms with E-state index in [9.17, 15) is 9.59 Å². The van der Waals surface area contributed by atoms with Crippen molar-refractivity contribution in [3.8, 4) is 12.1 Å². The number of nitriles is 2. The molecule has 0 atom stereocenters. The van der Waals surface area contributed by atoms with Gasteiger partial charge < -0.3 is 0 Å². The monoisotopic (exact) mass is 480 g/mol. The Morgan fingerprint density at radius 1 is 0.923 bits per heavy atom. The summed E-state index contributed by atoms with van der Waals surface area (Å²) in [6, 6.07) is 10.9. The number of hydrogen-bond donors (Lipinski definition) is 0. The Bertz CT molecular complexity index is 870. The van der Waals surface area contributed by atoms with Gasteiger partial charge in [0.05, 0.1) is 0 Å². The molecule has 8 heteroatoms. The summed E-state index contributed by atoms with van der Waals surface area (Å²) < 4.78 is 11.4. The Morgan fingerprint density at radius 2 is 1.38 bits per heavy atom. The number of esters is 2. The first-order valence-corrected chi connectivity index (χ1v) is 10.5. The molecule has 0 unspecified atom stereocenters. The summed E-state index contributed by atoms with van der Waals surface area (Å²) in [6.07, 6.45) is 3.45. The van der Waals surface area contributed by atoms with Crippen molar-refractivity contribution in [3.05, 3.63) is 53.3 Å². The summed E-state index contributed by atoms with van der Waals surface area (Å²) in [4.78, 5) is 23.8. The topological polar surface area (TPSA) is 100 Å². The third kappa shape index (κ3) is 4.73. The summed E-state index contributed by atoms with van der Waals surface area (Å²) >= 11 is -0.575. The van der Waals surface area contributed by atoms with E-state index in [4.69, 9.17) is 20.0 Å². The van der Waals surface area contributed by atoms with Crippen LogP contribution in [0.4, 0.5) is 0 Å². The van der Waals surface area contributed by atoms with E-state index in [1.54, 1.807) is 12.1 Å². The summed E-state index contributed by atoms with van der Waals surface area (Å²) in [5, 5.41) is 17.6. The van der Waals surface area contributed by atoms with Gasteiger partial charge in [0.15, 0.2) is 0 Å². The molecule has 0 amide bonds. The van der Waals surface area contributed by atoms with Crippen LogP contribution in [0, 0.1) is 22.7 Å². The molecule has 0 saturated carbocycles. The van der Waals surface area contributed by atoms with Gasteiger partial charge in [-0.15, -0.1) is 0 Å². The Hall–Kier alpha value is -2.60. The average Bonchev–Trinajstić information content (AvgIpc) is 3.09. The van der Waals surface area contributed by atoms with Crippen LogP contribution in [-0.2, 0) is 19.1 Å². The number of allylic oxidation sites excluding steroid dienone is 1. The SMILES string of the molecule is COC(=O)C1=C(C(=O)OC)[Se]C(=Cc2ccc(C=C(C#N)C#N)cc2)[Se]1. The summed E-state index contributed by atoms with van der Waals surface area (Å²) in [5.74, 6) is -0.978. The van der Waals surface area contributed by atoms with Crippen LogP contribution < -0.4 is 0 Å². The molecule has 1 aliphatic rings. The second kappa shape index (κ2) is 9.19. The fraction of sp³-hybridized carbons (Fsp3) is 0.111. The predicted octanol–water partition coefficient (Wildman–Crippen LogP) is 1.40. The van der Waals surface area contributed by atoms with Crippen LogP contribution in [0.3, 0.4) is 0 Å². The number of methoxy groups -OCH3 is 2. The fourth-order valence-corrected chi connectivity index (χ4v) is 8.28. The Labute approximate surface area is 163 Å². The maximum absolute atomic E-state index is 11.9. The van der Waals surface area contributed by atoms with Crippen LogP contribution in [0.2, 0.25) is 0 Å². The average molecular weight is 478 g/mol. The van der Waals surface area contributed by atoms with Crippen molar-refractivity contribution in [2.24, 2.45) is 0 Å². The van der Waals surface area contributed by atoms with Gasteiger partial charge in [-0.1, -0.05) is 0 Å². The Balaban J connectivity index is 2.23. The van der Waals surface area contributed by atoms with Crippen LogP contribution in [0.15, 0.2) is 42.2 Å².